The summed E-state index contributed by atoms with van der Waals surface area (Å²) >= 11 is 0. The van der Waals surface area contributed by atoms with Crippen LogP contribution in [0.15, 0.2) is 23.1 Å². The summed E-state index contributed by atoms with van der Waals surface area (Å²) in [6, 6.07) is 5.47. The minimum Gasteiger partial charge on any atom is -0.382 e. The van der Waals surface area contributed by atoms with Gasteiger partial charge in [-0.15, -0.1) is 0 Å². The molecule has 0 heterocycles. The molecule has 21 heavy (non-hydrogen) atoms. The van der Waals surface area contributed by atoms with Crippen LogP contribution in [0.1, 0.15) is 51.0 Å². The van der Waals surface area contributed by atoms with Gasteiger partial charge < -0.3 is 5.32 Å². The SMILES string of the molecule is CCC1CCCC(Nc2cc(S(N)(=O)=O)ccc2C)CC1. The Bertz CT molecular complexity index is 584. The zero-order valence-corrected chi connectivity index (χ0v) is 13.7. The number of rotatable bonds is 4. The fourth-order valence-corrected chi connectivity index (χ4v) is 3.62. The standard InChI is InChI=1S/C16H26N2O2S/c1-3-13-5-4-6-14(9-8-13)18-16-11-15(21(17,19)20)10-7-12(16)2/h7,10-11,13-14,18H,3-6,8-9H2,1-2H3,(H2,17,19,20). The van der Waals surface area contributed by atoms with Crippen molar-refractivity contribution in [1.29, 1.82) is 0 Å². The molecule has 1 aliphatic carbocycles. The Balaban J connectivity index is 2.12. The van der Waals surface area contributed by atoms with Gasteiger partial charge in [-0.05, 0) is 49.8 Å². The Hall–Kier alpha value is -1.07. The van der Waals surface area contributed by atoms with E-state index in [0.29, 0.717) is 6.04 Å². The molecule has 0 aromatic heterocycles. The van der Waals surface area contributed by atoms with Gasteiger partial charge in [-0.25, -0.2) is 13.6 Å². The molecule has 2 atom stereocenters. The maximum Gasteiger partial charge on any atom is 0.238 e. The fraction of sp³-hybridized carbons (Fsp3) is 0.625. The normalized spacial score (nSPS) is 23.6. The summed E-state index contributed by atoms with van der Waals surface area (Å²) in [5.41, 5.74) is 1.94. The van der Waals surface area contributed by atoms with E-state index < -0.39 is 10.0 Å². The minimum atomic E-state index is -3.64. The molecule has 2 unspecified atom stereocenters. The maximum absolute atomic E-state index is 11.5. The van der Waals surface area contributed by atoms with Gasteiger partial charge in [0, 0.05) is 11.7 Å². The van der Waals surface area contributed by atoms with E-state index >= 15 is 0 Å². The van der Waals surface area contributed by atoms with Crippen LogP contribution in [-0.4, -0.2) is 14.5 Å². The lowest BCUT2D eigenvalue weighted by molar-refractivity contribution is 0.444. The van der Waals surface area contributed by atoms with Crippen LogP contribution in [0.3, 0.4) is 0 Å². The van der Waals surface area contributed by atoms with Crippen LogP contribution >= 0.6 is 0 Å². The smallest absolute Gasteiger partial charge is 0.238 e. The van der Waals surface area contributed by atoms with E-state index in [1.54, 1.807) is 12.1 Å². The first-order valence-electron chi connectivity index (χ1n) is 7.80. The van der Waals surface area contributed by atoms with Gasteiger partial charge in [-0.1, -0.05) is 32.3 Å². The molecule has 5 heteroatoms. The van der Waals surface area contributed by atoms with Crippen molar-refractivity contribution >= 4 is 15.7 Å². The second kappa shape index (κ2) is 6.79. The van der Waals surface area contributed by atoms with Crippen LogP contribution in [-0.2, 0) is 10.0 Å². The molecule has 3 N–H and O–H groups in total. The summed E-state index contributed by atoms with van der Waals surface area (Å²) in [5, 5.41) is 8.74. The first-order chi connectivity index (χ1) is 9.90. The monoisotopic (exact) mass is 310 g/mol. The molecule has 0 amide bonds. The summed E-state index contributed by atoms with van der Waals surface area (Å²) in [5.74, 6) is 0.841. The van der Waals surface area contributed by atoms with Gasteiger partial charge in [0.1, 0.15) is 0 Å². The van der Waals surface area contributed by atoms with Gasteiger partial charge in [0.05, 0.1) is 4.90 Å². The Kier molecular flexibility index (Phi) is 5.27. The Labute approximate surface area is 128 Å². The molecule has 0 saturated heterocycles. The van der Waals surface area contributed by atoms with Crippen molar-refractivity contribution in [3.05, 3.63) is 23.8 Å². The third kappa shape index (κ3) is 4.45. The third-order valence-corrected chi connectivity index (χ3v) is 5.47. The number of nitrogens with two attached hydrogens (primary N) is 1. The maximum atomic E-state index is 11.5. The highest BCUT2D eigenvalue weighted by molar-refractivity contribution is 7.89. The third-order valence-electron chi connectivity index (χ3n) is 4.56. The second-order valence-corrected chi connectivity index (χ2v) is 7.71. The molecule has 1 aliphatic rings. The molecule has 4 nitrogen and oxygen atoms in total. The largest absolute Gasteiger partial charge is 0.382 e. The van der Waals surface area contributed by atoms with Crippen molar-refractivity contribution in [2.24, 2.45) is 11.1 Å². The number of hydrogen-bond donors (Lipinski definition) is 2. The van der Waals surface area contributed by atoms with E-state index in [0.717, 1.165) is 30.0 Å². The summed E-state index contributed by atoms with van der Waals surface area (Å²) < 4.78 is 23.0. The van der Waals surface area contributed by atoms with E-state index in [4.69, 9.17) is 5.14 Å². The van der Waals surface area contributed by atoms with Crippen molar-refractivity contribution in [1.82, 2.24) is 0 Å². The van der Waals surface area contributed by atoms with Crippen LogP contribution in [0.4, 0.5) is 5.69 Å². The first kappa shape index (κ1) is 16.3. The Morgan fingerprint density at radius 1 is 1.24 bits per heavy atom. The number of hydrogen-bond acceptors (Lipinski definition) is 3. The quantitative estimate of drug-likeness (QED) is 0.837. The molecule has 1 fully saturated rings. The molecule has 0 spiro atoms. The molecule has 1 aromatic carbocycles. The highest BCUT2D eigenvalue weighted by Gasteiger charge is 2.19. The van der Waals surface area contributed by atoms with Crippen LogP contribution in [0, 0.1) is 12.8 Å². The number of anilines is 1. The lowest BCUT2D eigenvalue weighted by atomic mass is 9.98. The fourth-order valence-electron chi connectivity index (χ4n) is 3.08. The zero-order chi connectivity index (χ0) is 15.5. The van der Waals surface area contributed by atoms with Gasteiger partial charge in [0.25, 0.3) is 0 Å². The summed E-state index contributed by atoms with van der Waals surface area (Å²) in [6.07, 6.45) is 7.36. The summed E-state index contributed by atoms with van der Waals surface area (Å²) in [6.45, 7) is 4.25. The minimum absolute atomic E-state index is 0.177. The van der Waals surface area contributed by atoms with Crippen LogP contribution in [0.2, 0.25) is 0 Å². The Morgan fingerprint density at radius 2 is 2.00 bits per heavy atom. The molecule has 1 aromatic rings. The van der Waals surface area contributed by atoms with Crippen LogP contribution in [0.5, 0.6) is 0 Å². The van der Waals surface area contributed by atoms with Crippen molar-refractivity contribution < 1.29 is 8.42 Å². The van der Waals surface area contributed by atoms with Gasteiger partial charge >= 0.3 is 0 Å². The van der Waals surface area contributed by atoms with E-state index in [9.17, 15) is 8.42 Å². The molecule has 118 valence electrons. The zero-order valence-electron chi connectivity index (χ0n) is 12.9. The Morgan fingerprint density at radius 3 is 2.67 bits per heavy atom. The van der Waals surface area contributed by atoms with Gasteiger partial charge in [-0.3, -0.25) is 0 Å². The van der Waals surface area contributed by atoms with E-state index in [1.807, 2.05) is 13.0 Å². The number of benzene rings is 1. The molecule has 1 saturated carbocycles. The van der Waals surface area contributed by atoms with Gasteiger partial charge in [0.15, 0.2) is 0 Å². The predicted molar refractivity (Wildman–Crippen MR) is 86.8 cm³/mol. The van der Waals surface area contributed by atoms with Crippen molar-refractivity contribution in [2.45, 2.75) is 63.3 Å². The van der Waals surface area contributed by atoms with Crippen molar-refractivity contribution in [2.75, 3.05) is 5.32 Å². The summed E-state index contributed by atoms with van der Waals surface area (Å²) in [4.78, 5) is 0.177. The van der Waals surface area contributed by atoms with E-state index in [2.05, 4.69) is 12.2 Å². The van der Waals surface area contributed by atoms with Gasteiger partial charge in [-0.2, -0.15) is 0 Å². The highest BCUT2D eigenvalue weighted by atomic mass is 32.2. The van der Waals surface area contributed by atoms with Crippen LogP contribution in [0.25, 0.3) is 0 Å². The number of primary sulfonamides is 1. The topological polar surface area (TPSA) is 72.2 Å². The van der Waals surface area contributed by atoms with Crippen molar-refractivity contribution in [3.63, 3.8) is 0 Å². The lowest BCUT2D eigenvalue weighted by Crippen LogP contribution is -2.20. The van der Waals surface area contributed by atoms with E-state index in [1.165, 1.54) is 25.7 Å². The average Bonchev–Trinajstić information content (AvgIpc) is 2.65. The molecule has 0 aliphatic heterocycles. The highest BCUT2D eigenvalue weighted by Crippen LogP contribution is 2.28. The van der Waals surface area contributed by atoms with Gasteiger partial charge in [0.2, 0.25) is 10.0 Å². The lowest BCUT2D eigenvalue weighted by Gasteiger charge is -2.20. The predicted octanol–water partition coefficient (Wildman–Crippen LogP) is 3.41. The number of aryl methyl sites for hydroxylation is 1. The average molecular weight is 310 g/mol. The number of nitrogens with one attached hydrogen (secondary N) is 1. The molecular formula is C16H26N2O2S. The van der Waals surface area contributed by atoms with E-state index in [-0.39, 0.29) is 4.90 Å². The number of sulfonamides is 1. The molecule has 2 rings (SSSR count). The first-order valence-corrected chi connectivity index (χ1v) is 9.34. The molecule has 0 radical (unpaired) electrons. The van der Waals surface area contributed by atoms with Crippen LogP contribution < -0.4 is 10.5 Å². The second-order valence-electron chi connectivity index (χ2n) is 6.15. The summed E-state index contributed by atoms with van der Waals surface area (Å²) in [7, 11) is -3.64. The molecular weight excluding hydrogens is 284 g/mol. The van der Waals surface area contributed by atoms with Crippen molar-refractivity contribution in [3.8, 4) is 0 Å². The molecule has 0 bridgehead atoms.